The third kappa shape index (κ3) is 3.87. The Bertz CT molecular complexity index is 1040. The van der Waals surface area contributed by atoms with E-state index < -0.39 is 10.8 Å². The minimum Gasteiger partial charge on any atom is -0.378 e. The predicted molar refractivity (Wildman–Crippen MR) is 102 cm³/mol. The summed E-state index contributed by atoms with van der Waals surface area (Å²) in [7, 11) is 0. The monoisotopic (exact) mass is 401 g/mol. The van der Waals surface area contributed by atoms with Crippen molar-refractivity contribution in [3.05, 3.63) is 34.6 Å². The lowest BCUT2D eigenvalue weighted by atomic mass is 10.1. The van der Waals surface area contributed by atoms with E-state index in [1.807, 2.05) is 6.07 Å². The molecule has 1 fully saturated rings. The van der Waals surface area contributed by atoms with Gasteiger partial charge in [0.05, 0.1) is 42.0 Å². The number of morpholine rings is 1. The van der Waals surface area contributed by atoms with E-state index in [0.29, 0.717) is 29.9 Å². The Balaban J connectivity index is 1.49. The lowest BCUT2D eigenvalue weighted by molar-refractivity contribution is -0.385. The number of ether oxygens (including phenoxy) is 1. The molecule has 3 aromatic rings. The Morgan fingerprint density at radius 3 is 2.79 bits per heavy atom. The van der Waals surface area contributed by atoms with Crippen molar-refractivity contribution >= 4 is 34.0 Å². The highest BCUT2D eigenvalue weighted by atomic mass is 16.6. The first-order chi connectivity index (χ1) is 14.0. The number of nitrogens with zero attached hydrogens (tertiary/aromatic N) is 6. The van der Waals surface area contributed by atoms with E-state index in [2.05, 4.69) is 25.6 Å². The summed E-state index contributed by atoms with van der Waals surface area (Å²) < 4.78 is 11.7. The highest BCUT2D eigenvalue weighted by Crippen LogP contribution is 2.30. The molecule has 3 heterocycles. The fourth-order valence-electron chi connectivity index (χ4n) is 3.18. The molecule has 12 heteroatoms. The topological polar surface area (TPSA) is 141 Å². The van der Waals surface area contributed by atoms with Crippen molar-refractivity contribution < 1.29 is 19.1 Å². The van der Waals surface area contributed by atoms with Gasteiger partial charge < -0.3 is 15.0 Å². The van der Waals surface area contributed by atoms with Crippen LogP contribution in [0.15, 0.2) is 29.2 Å². The van der Waals surface area contributed by atoms with E-state index in [1.165, 1.54) is 10.9 Å². The van der Waals surface area contributed by atoms with Crippen molar-refractivity contribution in [1.29, 1.82) is 0 Å². The van der Waals surface area contributed by atoms with E-state index in [1.54, 1.807) is 13.0 Å². The van der Waals surface area contributed by atoms with Crippen LogP contribution in [0.3, 0.4) is 0 Å². The van der Waals surface area contributed by atoms with Crippen molar-refractivity contribution in [2.75, 3.05) is 36.5 Å². The van der Waals surface area contributed by atoms with Crippen molar-refractivity contribution in [3.63, 3.8) is 0 Å². The summed E-state index contributed by atoms with van der Waals surface area (Å²) >= 11 is 0. The Morgan fingerprint density at radius 1 is 1.31 bits per heavy atom. The fourth-order valence-corrected chi connectivity index (χ4v) is 3.18. The van der Waals surface area contributed by atoms with E-state index in [-0.39, 0.29) is 18.1 Å². The fraction of sp³-hybridized carbons (Fsp3) is 0.412. The zero-order chi connectivity index (χ0) is 20.4. The van der Waals surface area contributed by atoms with Gasteiger partial charge in [-0.2, -0.15) is 5.10 Å². The van der Waals surface area contributed by atoms with E-state index in [4.69, 9.17) is 9.37 Å². The number of aromatic nitrogens is 4. The molecular weight excluding hydrogens is 382 g/mol. The number of hydrogen-bond donors (Lipinski definition) is 1. The molecule has 0 saturated carbocycles. The number of nitrogens with one attached hydrogen (secondary N) is 1. The maximum absolute atomic E-state index is 12.6. The van der Waals surface area contributed by atoms with Crippen LogP contribution in [0.2, 0.25) is 0 Å². The van der Waals surface area contributed by atoms with Crippen molar-refractivity contribution in [2.24, 2.45) is 5.92 Å². The first kappa shape index (κ1) is 18.8. The third-order valence-corrected chi connectivity index (χ3v) is 4.74. The minimum atomic E-state index is -0.529. The Labute approximate surface area is 164 Å². The number of amides is 1. The molecule has 0 aliphatic carbocycles. The summed E-state index contributed by atoms with van der Waals surface area (Å²) in [5, 5.41) is 25.4. The summed E-state index contributed by atoms with van der Waals surface area (Å²) in [5.41, 5.74) is 2.28. The number of nitro groups is 1. The van der Waals surface area contributed by atoms with Gasteiger partial charge in [-0.1, -0.05) is 6.92 Å². The van der Waals surface area contributed by atoms with E-state index >= 15 is 0 Å². The zero-order valence-corrected chi connectivity index (χ0v) is 15.6. The molecule has 29 heavy (non-hydrogen) atoms. The number of anilines is 2. The maximum Gasteiger partial charge on any atom is 0.306 e. The molecule has 4 rings (SSSR count). The van der Waals surface area contributed by atoms with Crippen LogP contribution in [0.5, 0.6) is 0 Å². The second kappa shape index (κ2) is 7.83. The van der Waals surface area contributed by atoms with Crippen LogP contribution in [-0.4, -0.2) is 57.2 Å². The maximum atomic E-state index is 12.6. The van der Waals surface area contributed by atoms with Crippen LogP contribution in [0, 0.1) is 16.0 Å². The molecule has 1 atom stereocenters. The van der Waals surface area contributed by atoms with Crippen LogP contribution >= 0.6 is 0 Å². The van der Waals surface area contributed by atoms with E-state index in [0.717, 1.165) is 25.0 Å². The molecule has 1 aliphatic heterocycles. The molecule has 152 valence electrons. The average Bonchev–Trinajstić information content (AvgIpc) is 3.39. The van der Waals surface area contributed by atoms with Crippen LogP contribution in [-0.2, 0) is 16.1 Å². The molecule has 12 nitrogen and oxygen atoms in total. The Hall–Kier alpha value is -3.54. The highest BCUT2D eigenvalue weighted by molar-refractivity contribution is 6.03. The molecule has 0 unspecified atom stereocenters. The van der Waals surface area contributed by atoms with Gasteiger partial charge in [0.1, 0.15) is 12.4 Å². The first-order valence-electron chi connectivity index (χ1n) is 9.08. The molecule has 1 aliphatic rings. The van der Waals surface area contributed by atoms with Gasteiger partial charge in [0.25, 0.3) is 0 Å². The smallest absolute Gasteiger partial charge is 0.306 e. The van der Waals surface area contributed by atoms with Gasteiger partial charge in [-0.15, -0.1) is 0 Å². The lowest BCUT2D eigenvalue weighted by Crippen LogP contribution is -2.36. The van der Waals surface area contributed by atoms with Crippen molar-refractivity contribution in [3.8, 4) is 0 Å². The Kier molecular flexibility index (Phi) is 5.08. The lowest BCUT2D eigenvalue weighted by Gasteiger charge is -2.28. The predicted octanol–water partition coefficient (Wildman–Crippen LogP) is 1.44. The van der Waals surface area contributed by atoms with Crippen molar-refractivity contribution in [1.82, 2.24) is 20.1 Å². The summed E-state index contributed by atoms with van der Waals surface area (Å²) in [6, 6.07) is 3.63. The van der Waals surface area contributed by atoms with Gasteiger partial charge in [0, 0.05) is 13.1 Å². The second-order valence-electron chi connectivity index (χ2n) is 6.76. The Morgan fingerprint density at radius 2 is 2.07 bits per heavy atom. The number of carbonyl (C=O) groups excluding carboxylic acids is 1. The zero-order valence-electron chi connectivity index (χ0n) is 15.6. The van der Waals surface area contributed by atoms with Gasteiger partial charge in [0.2, 0.25) is 5.91 Å². The number of fused-ring (bicyclic) bond motifs is 1. The quantitative estimate of drug-likeness (QED) is 0.479. The SMILES string of the molecule is C[C@H](Cn1cc([N+](=O)[O-])cn1)C(=O)Nc1ccc(N2CCOCC2)c2nonc12. The number of hydrogen-bond acceptors (Lipinski definition) is 9. The number of carbonyl (C=O) groups is 1. The summed E-state index contributed by atoms with van der Waals surface area (Å²) in [5.74, 6) is -0.755. The number of rotatable bonds is 6. The van der Waals surface area contributed by atoms with Gasteiger partial charge in [-0.05, 0) is 22.4 Å². The van der Waals surface area contributed by atoms with Gasteiger partial charge in [-0.25, -0.2) is 4.63 Å². The molecule has 0 radical (unpaired) electrons. The molecule has 1 saturated heterocycles. The van der Waals surface area contributed by atoms with Crippen molar-refractivity contribution in [2.45, 2.75) is 13.5 Å². The second-order valence-corrected chi connectivity index (χ2v) is 6.76. The van der Waals surface area contributed by atoms with Crippen LogP contribution in [0.1, 0.15) is 6.92 Å². The molecule has 2 aromatic heterocycles. The summed E-state index contributed by atoms with van der Waals surface area (Å²) in [6.45, 7) is 4.65. The van der Waals surface area contributed by atoms with Crippen LogP contribution < -0.4 is 10.2 Å². The summed E-state index contributed by atoms with van der Waals surface area (Å²) in [6.07, 6.45) is 2.44. The van der Waals surface area contributed by atoms with Gasteiger partial charge in [0.15, 0.2) is 11.0 Å². The minimum absolute atomic E-state index is 0.119. The van der Waals surface area contributed by atoms with E-state index in [9.17, 15) is 14.9 Å². The van der Waals surface area contributed by atoms with Gasteiger partial charge in [-0.3, -0.25) is 19.6 Å². The third-order valence-electron chi connectivity index (χ3n) is 4.74. The molecule has 1 N–H and O–H groups in total. The van der Waals surface area contributed by atoms with Gasteiger partial charge >= 0.3 is 5.69 Å². The molecule has 0 bridgehead atoms. The first-order valence-corrected chi connectivity index (χ1v) is 9.08. The molecule has 1 amide bonds. The molecular formula is C17H19N7O5. The standard InChI is InChI=1S/C17H19N7O5/c1-11(9-23-10-12(8-18-23)24(26)27)17(25)19-13-2-3-14(16-15(13)20-29-21-16)22-4-6-28-7-5-22/h2-3,8,10-11H,4-7,9H2,1H3,(H,19,25)/t11-/m1/s1. The normalized spacial score (nSPS) is 15.4. The van der Waals surface area contributed by atoms with Crippen LogP contribution in [0.4, 0.5) is 17.1 Å². The summed E-state index contributed by atoms with van der Waals surface area (Å²) in [4.78, 5) is 25.0. The average molecular weight is 401 g/mol. The molecule has 0 spiro atoms. The number of benzene rings is 1. The van der Waals surface area contributed by atoms with Crippen LogP contribution in [0.25, 0.3) is 11.0 Å². The molecule has 1 aromatic carbocycles. The largest absolute Gasteiger partial charge is 0.378 e. The highest BCUT2D eigenvalue weighted by Gasteiger charge is 2.22.